The van der Waals surface area contributed by atoms with Gasteiger partial charge in [-0.2, -0.15) is 0 Å². The van der Waals surface area contributed by atoms with Crippen molar-refractivity contribution in [1.82, 2.24) is 10.2 Å². The van der Waals surface area contributed by atoms with E-state index in [0.717, 1.165) is 50.4 Å². The van der Waals surface area contributed by atoms with Crippen molar-refractivity contribution >= 4 is 5.91 Å². The van der Waals surface area contributed by atoms with Gasteiger partial charge in [-0.05, 0) is 62.9 Å². The van der Waals surface area contributed by atoms with E-state index in [2.05, 4.69) is 17.1 Å². The predicted molar refractivity (Wildman–Crippen MR) is 81.4 cm³/mol. The molecule has 0 aromatic heterocycles. The van der Waals surface area contributed by atoms with Gasteiger partial charge < -0.3 is 10.2 Å². The van der Waals surface area contributed by atoms with Gasteiger partial charge in [-0.15, -0.1) is 0 Å². The Labute approximate surface area is 123 Å². The van der Waals surface area contributed by atoms with Crippen LogP contribution in [0.25, 0.3) is 0 Å². The summed E-state index contributed by atoms with van der Waals surface area (Å²) in [5.41, 5.74) is 0. The zero-order valence-corrected chi connectivity index (χ0v) is 12.9. The number of carbonyl (C=O) groups is 1. The number of carbonyl (C=O) groups excluding carboxylic acids is 1. The molecule has 0 radical (unpaired) electrons. The zero-order chi connectivity index (χ0) is 13.9. The van der Waals surface area contributed by atoms with Crippen LogP contribution in [0.3, 0.4) is 0 Å². The molecule has 1 amide bonds. The Hall–Kier alpha value is -0.570. The molecular formula is C17H30N2O. The van der Waals surface area contributed by atoms with Crippen molar-refractivity contribution in [2.24, 2.45) is 23.7 Å². The lowest BCUT2D eigenvalue weighted by Gasteiger charge is -2.30. The maximum absolute atomic E-state index is 12.8. The van der Waals surface area contributed by atoms with Gasteiger partial charge >= 0.3 is 0 Å². The molecule has 3 heteroatoms. The van der Waals surface area contributed by atoms with Crippen LogP contribution in [0, 0.1) is 23.7 Å². The summed E-state index contributed by atoms with van der Waals surface area (Å²) < 4.78 is 0. The Bertz CT molecular complexity index is 326. The average molecular weight is 278 g/mol. The summed E-state index contributed by atoms with van der Waals surface area (Å²) in [4.78, 5) is 15.1. The molecule has 114 valence electrons. The monoisotopic (exact) mass is 278 g/mol. The number of nitrogens with one attached hydrogen (secondary N) is 1. The fourth-order valence-electron chi connectivity index (χ4n) is 4.51. The van der Waals surface area contributed by atoms with Crippen molar-refractivity contribution in [2.45, 2.75) is 51.9 Å². The summed E-state index contributed by atoms with van der Waals surface area (Å²) in [7, 11) is 0. The number of piperidine rings is 1. The van der Waals surface area contributed by atoms with E-state index < -0.39 is 0 Å². The third-order valence-corrected chi connectivity index (χ3v) is 5.68. The van der Waals surface area contributed by atoms with Crippen LogP contribution in [0.15, 0.2) is 0 Å². The number of amides is 1. The highest BCUT2D eigenvalue weighted by molar-refractivity contribution is 5.82. The third-order valence-electron chi connectivity index (χ3n) is 5.68. The molecular weight excluding hydrogens is 248 g/mol. The van der Waals surface area contributed by atoms with E-state index in [4.69, 9.17) is 0 Å². The van der Waals surface area contributed by atoms with Crippen LogP contribution in [0.2, 0.25) is 0 Å². The van der Waals surface area contributed by atoms with Crippen molar-refractivity contribution in [3.05, 3.63) is 0 Å². The standard InChI is InChI=1S/C17H30N2O/c1-2-11-19(12-13-7-9-18-10-8-13)17(20)16-14-5-3-4-6-15(14)16/h13-16,18H,2-12H2,1H3. The molecule has 0 spiro atoms. The molecule has 0 aromatic carbocycles. The molecule has 3 nitrogen and oxygen atoms in total. The second kappa shape index (κ2) is 6.46. The summed E-state index contributed by atoms with van der Waals surface area (Å²) in [6.45, 7) is 6.45. The Balaban J connectivity index is 1.56. The molecule has 3 aliphatic rings. The smallest absolute Gasteiger partial charge is 0.226 e. The Morgan fingerprint density at radius 3 is 2.35 bits per heavy atom. The summed E-state index contributed by atoms with van der Waals surface area (Å²) >= 11 is 0. The van der Waals surface area contributed by atoms with Crippen molar-refractivity contribution < 1.29 is 4.79 Å². The molecule has 0 aromatic rings. The lowest BCUT2D eigenvalue weighted by molar-refractivity contribution is -0.134. The van der Waals surface area contributed by atoms with Crippen molar-refractivity contribution in [2.75, 3.05) is 26.2 Å². The SMILES string of the molecule is CCCN(CC1CCNCC1)C(=O)C1C2CCCCC21. The second-order valence-corrected chi connectivity index (χ2v) is 7.12. The quantitative estimate of drug-likeness (QED) is 0.838. The molecule has 3 rings (SSSR count). The van der Waals surface area contributed by atoms with Crippen molar-refractivity contribution in [1.29, 1.82) is 0 Å². The van der Waals surface area contributed by atoms with E-state index >= 15 is 0 Å². The van der Waals surface area contributed by atoms with E-state index in [-0.39, 0.29) is 0 Å². The number of hydrogen-bond acceptors (Lipinski definition) is 2. The topological polar surface area (TPSA) is 32.3 Å². The van der Waals surface area contributed by atoms with E-state index in [1.54, 1.807) is 0 Å². The van der Waals surface area contributed by atoms with Crippen molar-refractivity contribution in [3.63, 3.8) is 0 Å². The van der Waals surface area contributed by atoms with Gasteiger partial charge in [0.25, 0.3) is 0 Å². The average Bonchev–Trinajstić information content (AvgIpc) is 3.21. The highest BCUT2D eigenvalue weighted by Crippen LogP contribution is 2.56. The first kappa shape index (κ1) is 14.4. The molecule has 2 unspecified atom stereocenters. The molecule has 2 atom stereocenters. The summed E-state index contributed by atoms with van der Waals surface area (Å²) in [6, 6.07) is 0. The fourth-order valence-corrected chi connectivity index (χ4v) is 4.51. The van der Waals surface area contributed by atoms with Crippen molar-refractivity contribution in [3.8, 4) is 0 Å². The number of hydrogen-bond donors (Lipinski definition) is 1. The molecule has 1 saturated heterocycles. The van der Waals surface area contributed by atoms with Gasteiger partial charge in [-0.1, -0.05) is 19.8 Å². The minimum absolute atomic E-state index is 0.408. The van der Waals surface area contributed by atoms with Crippen LogP contribution < -0.4 is 5.32 Å². The lowest BCUT2D eigenvalue weighted by atomic mass is 9.97. The lowest BCUT2D eigenvalue weighted by Crippen LogP contribution is -2.40. The van der Waals surface area contributed by atoms with Crippen LogP contribution in [-0.2, 0) is 4.79 Å². The highest BCUT2D eigenvalue weighted by atomic mass is 16.2. The molecule has 1 aliphatic heterocycles. The van der Waals surface area contributed by atoms with Gasteiger partial charge in [0.1, 0.15) is 0 Å². The maximum atomic E-state index is 12.8. The molecule has 3 fully saturated rings. The molecule has 2 aliphatic carbocycles. The van der Waals surface area contributed by atoms with E-state index in [1.807, 2.05) is 0 Å². The highest BCUT2D eigenvalue weighted by Gasteiger charge is 2.55. The van der Waals surface area contributed by atoms with E-state index in [0.29, 0.717) is 11.8 Å². The number of fused-ring (bicyclic) bond motifs is 1. The van der Waals surface area contributed by atoms with Crippen LogP contribution in [0.5, 0.6) is 0 Å². The minimum Gasteiger partial charge on any atom is -0.342 e. The van der Waals surface area contributed by atoms with Gasteiger partial charge in [0, 0.05) is 19.0 Å². The molecule has 0 bridgehead atoms. The molecule has 20 heavy (non-hydrogen) atoms. The largest absolute Gasteiger partial charge is 0.342 e. The summed E-state index contributed by atoms with van der Waals surface area (Å²) in [6.07, 6.45) is 8.91. The van der Waals surface area contributed by atoms with Crippen LogP contribution in [0.4, 0.5) is 0 Å². The number of rotatable bonds is 5. The predicted octanol–water partition coefficient (Wildman–Crippen LogP) is 2.66. The van der Waals surface area contributed by atoms with Gasteiger partial charge in [-0.3, -0.25) is 4.79 Å². The van der Waals surface area contributed by atoms with Gasteiger partial charge in [-0.25, -0.2) is 0 Å². The minimum atomic E-state index is 0.408. The summed E-state index contributed by atoms with van der Waals surface area (Å²) in [5.74, 6) is 3.15. The Kier molecular flexibility index (Phi) is 4.65. The van der Waals surface area contributed by atoms with Gasteiger partial charge in [0.2, 0.25) is 5.91 Å². The van der Waals surface area contributed by atoms with Crippen LogP contribution in [-0.4, -0.2) is 37.0 Å². The maximum Gasteiger partial charge on any atom is 0.226 e. The van der Waals surface area contributed by atoms with E-state index in [9.17, 15) is 4.79 Å². The summed E-state index contributed by atoms with van der Waals surface area (Å²) in [5, 5.41) is 3.42. The fraction of sp³-hybridized carbons (Fsp3) is 0.941. The first-order chi connectivity index (χ1) is 9.81. The Morgan fingerprint density at radius 2 is 1.75 bits per heavy atom. The molecule has 2 saturated carbocycles. The first-order valence-electron chi connectivity index (χ1n) is 8.80. The van der Waals surface area contributed by atoms with Crippen LogP contribution in [0.1, 0.15) is 51.9 Å². The van der Waals surface area contributed by atoms with Crippen LogP contribution >= 0.6 is 0 Å². The zero-order valence-electron chi connectivity index (χ0n) is 12.9. The normalized spacial score (nSPS) is 33.5. The van der Waals surface area contributed by atoms with Gasteiger partial charge in [0.15, 0.2) is 0 Å². The number of nitrogens with zero attached hydrogens (tertiary/aromatic N) is 1. The Morgan fingerprint density at radius 1 is 1.10 bits per heavy atom. The second-order valence-electron chi connectivity index (χ2n) is 7.12. The van der Waals surface area contributed by atoms with Gasteiger partial charge in [0.05, 0.1) is 0 Å². The molecule has 1 heterocycles. The third kappa shape index (κ3) is 3.03. The van der Waals surface area contributed by atoms with E-state index in [1.165, 1.54) is 38.5 Å². The molecule has 1 N–H and O–H groups in total. The first-order valence-corrected chi connectivity index (χ1v) is 8.80.